The number of carbonyl (C=O) groups is 3. The van der Waals surface area contributed by atoms with Crippen LogP contribution in [0.25, 0.3) is 0 Å². The summed E-state index contributed by atoms with van der Waals surface area (Å²) in [6.45, 7) is 0.595. The summed E-state index contributed by atoms with van der Waals surface area (Å²) in [6.07, 6.45) is -2.98. The van der Waals surface area contributed by atoms with Crippen LogP contribution >= 0.6 is 0 Å². The smallest absolute Gasteiger partial charge is 0.330 e. The van der Waals surface area contributed by atoms with E-state index in [1.54, 1.807) is 0 Å². The summed E-state index contributed by atoms with van der Waals surface area (Å²) in [4.78, 5) is 40.0. The molecule has 0 bridgehead atoms. The lowest BCUT2D eigenvalue weighted by molar-refractivity contribution is -0.140. The minimum atomic E-state index is -4.53. The van der Waals surface area contributed by atoms with Crippen molar-refractivity contribution in [3.05, 3.63) is 70.8 Å². The molecule has 0 atom stereocenters. The topological polar surface area (TPSA) is 57.7 Å². The van der Waals surface area contributed by atoms with Gasteiger partial charge in [0.15, 0.2) is 0 Å². The monoisotopic (exact) mass is 432 g/mol. The lowest BCUT2D eigenvalue weighted by Gasteiger charge is -2.24. The highest BCUT2D eigenvalue weighted by Gasteiger charge is 2.37. The fourth-order valence-electron chi connectivity index (χ4n) is 3.51. The predicted octanol–water partition coefficient (Wildman–Crippen LogP) is 4.33. The number of benzene rings is 2. The first-order valence-electron chi connectivity index (χ1n) is 10.1. The number of hydrogen-bond donors (Lipinski definition) is 0. The van der Waals surface area contributed by atoms with E-state index in [9.17, 15) is 27.6 Å². The Bertz CT molecular complexity index is 974. The van der Waals surface area contributed by atoms with Crippen LogP contribution in [0.3, 0.4) is 0 Å². The molecule has 0 unspecified atom stereocenters. The Labute approximate surface area is 178 Å². The molecule has 0 radical (unpaired) electrons. The van der Waals surface area contributed by atoms with Crippen LogP contribution in [0.4, 0.5) is 13.2 Å². The summed E-state index contributed by atoms with van der Waals surface area (Å²) in [5.41, 5.74) is 1.13. The zero-order chi connectivity index (χ0) is 22.6. The van der Waals surface area contributed by atoms with Crippen molar-refractivity contribution < 1.29 is 27.6 Å². The van der Waals surface area contributed by atoms with Gasteiger partial charge in [0.1, 0.15) is 6.54 Å². The molecule has 164 valence electrons. The van der Waals surface area contributed by atoms with E-state index >= 15 is 0 Å². The molecule has 0 saturated carbocycles. The van der Waals surface area contributed by atoms with E-state index in [-0.39, 0.29) is 29.8 Å². The van der Waals surface area contributed by atoms with E-state index in [0.717, 1.165) is 15.4 Å². The molecule has 31 heavy (non-hydrogen) atoms. The van der Waals surface area contributed by atoms with E-state index in [0.29, 0.717) is 19.3 Å². The zero-order valence-corrected chi connectivity index (χ0v) is 17.1. The van der Waals surface area contributed by atoms with Crippen LogP contribution in [-0.4, -0.2) is 53.3 Å². The second-order valence-electron chi connectivity index (χ2n) is 7.45. The summed E-state index contributed by atoms with van der Waals surface area (Å²) < 4.78 is 38.8. The van der Waals surface area contributed by atoms with Gasteiger partial charge >= 0.3 is 6.18 Å². The summed E-state index contributed by atoms with van der Waals surface area (Å²) in [5.74, 6) is -1.81. The first kappa shape index (κ1) is 22.5. The molecule has 1 heterocycles. The van der Waals surface area contributed by atoms with Crippen molar-refractivity contribution in [2.45, 2.75) is 32.4 Å². The molecule has 0 saturated heterocycles. The fraction of sp³-hybridized carbons (Fsp3) is 0.348. The van der Waals surface area contributed by atoms with Crippen LogP contribution in [0.2, 0.25) is 0 Å². The third-order valence-electron chi connectivity index (χ3n) is 5.12. The lowest BCUT2D eigenvalue weighted by Crippen LogP contribution is -2.39. The van der Waals surface area contributed by atoms with Crippen LogP contribution < -0.4 is 0 Å². The van der Waals surface area contributed by atoms with Crippen LogP contribution in [0.5, 0.6) is 0 Å². The second kappa shape index (κ2) is 9.32. The van der Waals surface area contributed by atoms with Crippen molar-refractivity contribution in [2.75, 3.05) is 19.6 Å². The number of alkyl halides is 3. The molecule has 0 aromatic heterocycles. The van der Waals surface area contributed by atoms with Crippen molar-refractivity contribution in [3.63, 3.8) is 0 Å². The second-order valence-corrected chi connectivity index (χ2v) is 7.45. The van der Waals surface area contributed by atoms with E-state index in [1.165, 1.54) is 18.2 Å². The van der Waals surface area contributed by atoms with Crippen molar-refractivity contribution >= 4 is 17.7 Å². The van der Waals surface area contributed by atoms with Crippen molar-refractivity contribution in [1.82, 2.24) is 9.80 Å². The maximum absolute atomic E-state index is 12.9. The fourth-order valence-corrected chi connectivity index (χ4v) is 3.51. The molecule has 5 nitrogen and oxygen atoms in total. The largest absolute Gasteiger partial charge is 0.406 e. The number of unbranched alkanes of at least 4 members (excludes halogenated alkanes) is 1. The van der Waals surface area contributed by atoms with Gasteiger partial charge in [0.05, 0.1) is 11.1 Å². The van der Waals surface area contributed by atoms with E-state index < -0.39 is 30.4 Å². The molecule has 2 aromatic rings. The number of hydrogen-bond acceptors (Lipinski definition) is 3. The molecule has 8 heteroatoms. The van der Waals surface area contributed by atoms with Crippen molar-refractivity contribution in [2.24, 2.45) is 0 Å². The number of amides is 3. The third kappa shape index (κ3) is 5.31. The molecule has 3 rings (SSSR count). The molecule has 0 spiro atoms. The Hall–Kier alpha value is -3.16. The molecule has 1 aliphatic rings. The Morgan fingerprint density at radius 3 is 2.32 bits per heavy atom. The summed E-state index contributed by atoms with van der Waals surface area (Å²) >= 11 is 0. The number of halogens is 3. The third-order valence-corrected chi connectivity index (χ3v) is 5.12. The van der Waals surface area contributed by atoms with E-state index in [1.807, 2.05) is 37.3 Å². The maximum atomic E-state index is 12.9. The highest BCUT2D eigenvalue weighted by atomic mass is 19.4. The number of imide groups is 1. The van der Waals surface area contributed by atoms with Crippen molar-refractivity contribution in [3.8, 4) is 0 Å². The molecule has 0 aliphatic carbocycles. The minimum Gasteiger partial charge on any atom is -0.330 e. The minimum absolute atomic E-state index is 0.0369. The van der Waals surface area contributed by atoms with E-state index in [2.05, 4.69) is 0 Å². The highest BCUT2D eigenvalue weighted by Crippen LogP contribution is 2.26. The molecule has 0 fully saturated rings. The molecule has 0 N–H and O–H groups in total. The number of carbonyl (C=O) groups excluding carboxylic acids is 3. The number of fused-ring (bicyclic) bond motifs is 1. The van der Waals surface area contributed by atoms with Gasteiger partial charge in [-0.2, -0.15) is 13.2 Å². The first-order chi connectivity index (χ1) is 14.7. The molecule has 1 aliphatic heterocycles. The van der Waals surface area contributed by atoms with Crippen molar-refractivity contribution in [1.29, 1.82) is 0 Å². The average molecular weight is 432 g/mol. The van der Waals surface area contributed by atoms with Gasteiger partial charge in [-0.05, 0) is 36.6 Å². The summed E-state index contributed by atoms with van der Waals surface area (Å²) in [7, 11) is 0. The van der Waals surface area contributed by atoms with Crippen LogP contribution in [0, 0.1) is 0 Å². The Morgan fingerprint density at radius 1 is 1.00 bits per heavy atom. The predicted molar refractivity (Wildman–Crippen MR) is 109 cm³/mol. The normalized spacial score (nSPS) is 13.5. The number of nitrogens with zero attached hydrogens (tertiary/aromatic N) is 2. The molecule has 2 aromatic carbocycles. The van der Waals surface area contributed by atoms with Gasteiger partial charge in [0.2, 0.25) is 0 Å². The van der Waals surface area contributed by atoms with E-state index in [4.69, 9.17) is 0 Å². The highest BCUT2D eigenvalue weighted by molar-refractivity contribution is 6.22. The maximum Gasteiger partial charge on any atom is 0.406 e. The number of rotatable bonds is 8. The van der Waals surface area contributed by atoms with Gasteiger partial charge in [-0.15, -0.1) is 0 Å². The quantitative estimate of drug-likeness (QED) is 0.584. The summed E-state index contributed by atoms with van der Waals surface area (Å²) in [6, 6.07) is 13.3. The average Bonchev–Trinajstić information content (AvgIpc) is 2.98. The molecular weight excluding hydrogens is 409 g/mol. The molecular formula is C23H23F3N2O3. The Morgan fingerprint density at radius 2 is 1.68 bits per heavy atom. The van der Waals surface area contributed by atoms with Gasteiger partial charge in [-0.25, -0.2) is 0 Å². The summed E-state index contributed by atoms with van der Waals surface area (Å²) in [5, 5.41) is 0. The van der Waals surface area contributed by atoms with Gasteiger partial charge in [-0.1, -0.05) is 43.7 Å². The standard InChI is InChI=1S/C23H23F3N2O3/c1-2-3-12-27(15-23(24,25)26)20(29)17-9-10-18-19(14-17)22(31)28(21(18)30)13-11-16-7-5-4-6-8-16/h4-10,14H,2-3,11-13,15H2,1H3. The Balaban J connectivity index is 1.79. The van der Waals surface area contributed by atoms with Gasteiger partial charge in [-0.3, -0.25) is 19.3 Å². The van der Waals surface area contributed by atoms with Gasteiger partial charge < -0.3 is 4.90 Å². The van der Waals surface area contributed by atoms with Crippen LogP contribution in [-0.2, 0) is 6.42 Å². The molecule has 3 amide bonds. The zero-order valence-electron chi connectivity index (χ0n) is 17.1. The van der Waals surface area contributed by atoms with Crippen LogP contribution in [0.15, 0.2) is 48.5 Å². The lowest BCUT2D eigenvalue weighted by atomic mass is 10.0. The van der Waals surface area contributed by atoms with Gasteiger partial charge in [0.25, 0.3) is 17.7 Å². The van der Waals surface area contributed by atoms with Crippen LogP contribution in [0.1, 0.15) is 56.4 Å². The first-order valence-corrected chi connectivity index (χ1v) is 10.1. The Kier molecular flexibility index (Phi) is 6.77. The SMILES string of the molecule is CCCCN(CC(F)(F)F)C(=O)c1ccc2c(c1)C(=O)N(CCc1ccccc1)C2=O. The van der Waals surface area contributed by atoms with Gasteiger partial charge in [0, 0.05) is 18.7 Å².